The van der Waals surface area contributed by atoms with Gasteiger partial charge >= 0.3 is 0 Å². The van der Waals surface area contributed by atoms with E-state index in [1.165, 1.54) is 56.9 Å². The molecule has 178 valence electrons. The Kier molecular flexibility index (Phi) is 11.0. The maximum Gasteiger partial charge on any atom is 0.257 e. The van der Waals surface area contributed by atoms with Crippen molar-refractivity contribution in [3.63, 3.8) is 0 Å². The minimum absolute atomic E-state index is 0.606. The van der Waals surface area contributed by atoms with Crippen LogP contribution in [0, 0.1) is 0 Å². The Labute approximate surface area is 199 Å². The van der Waals surface area contributed by atoms with E-state index in [1.807, 2.05) is 18.2 Å². The average Bonchev–Trinajstić information content (AvgIpc) is 3.33. The van der Waals surface area contributed by atoms with Crippen LogP contribution in [0.4, 0.5) is 0 Å². The van der Waals surface area contributed by atoms with Crippen molar-refractivity contribution in [3.8, 4) is 17.2 Å². The number of rotatable bonds is 16. The third-order valence-corrected chi connectivity index (χ3v) is 6.01. The number of para-hydroxylation sites is 1. The van der Waals surface area contributed by atoms with Gasteiger partial charge in [-0.3, -0.25) is 0 Å². The first-order valence-electron chi connectivity index (χ1n) is 12.5. The van der Waals surface area contributed by atoms with Crippen LogP contribution in [0.3, 0.4) is 0 Å². The van der Waals surface area contributed by atoms with Crippen molar-refractivity contribution < 1.29 is 9.26 Å². The van der Waals surface area contributed by atoms with Crippen molar-refractivity contribution in [3.05, 3.63) is 65.5 Å². The molecule has 33 heavy (non-hydrogen) atoms. The minimum Gasteiger partial charge on any atom is -0.496 e. The van der Waals surface area contributed by atoms with Gasteiger partial charge in [0.25, 0.3) is 5.89 Å². The molecule has 1 heterocycles. The Hall–Kier alpha value is -2.66. The molecule has 0 saturated heterocycles. The molecule has 1 N–H and O–H groups in total. The summed E-state index contributed by atoms with van der Waals surface area (Å²) in [5.74, 6) is 2.33. The van der Waals surface area contributed by atoms with Crippen LogP contribution in [0.5, 0.6) is 5.75 Å². The van der Waals surface area contributed by atoms with Crippen molar-refractivity contribution in [2.45, 2.75) is 84.2 Å². The first-order valence-corrected chi connectivity index (χ1v) is 12.5. The van der Waals surface area contributed by atoms with Crippen LogP contribution in [0.15, 0.2) is 53.1 Å². The highest BCUT2D eigenvalue weighted by Gasteiger charge is 2.09. The summed E-state index contributed by atoms with van der Waals surface area (Å²) in [6, 6.07) is 16.4. The zero-order valence-electron chi connectivity index (χ0n) is 20.3. The summed E-state index contributed by atoms with van der Waals surface area (Å²) in [6.45, 7) is 3.81. The van der Waals surface area contributed by atoms with Gasteiger partial charge in [-0.1, -0.05) is 93.8 Å². The number of hydrogen-bond donors (Lipinski definition) is 1. The Morgan fingerprint density at radius 3 is 2.24 bits per heavy atom. The van der Waals surface area contributed by atoms with Gasteiger partial charge < -0.3 is 14.6 Å². The molecule has 0 unspecified atom stereocenters. The predicted molar refractivity (Wildman–Crippen MR) is 134 cm³/mol. The summed E-state index contributed by atoms with van der Waals surface area (Å²) < 4.78 is 10.9. The number of methoxy groups -OCH3 is 1. The van der Waals surface area contributed by atoms with Crippen molar-refractivity contribution in [2.75, 3.05) is 7.11 Å². The zero-order valence-corrected chi connectivity index (χ0v) is 20.3. The molecule has 5 heteroatoms. The first kappa shape index (κ1) is 25.0. The smallest absolute Gasteiger partial charge is 0.257 e. The molecule has 0 radical (unpaired) electrons. The molecular weight excluding hydrogens is 410 g/mol. The van der Waals surface area contributed by atoms with Gasteiger partial charge in [0.15, 0.2) is 5.82 Å². The highest BCUT2D eigenvalue weighted by Crippen LogP contribution is 2.20. The summed E-state index contributed by atoms with van der Waals surface area (Å²) in [5.41, 5.74) is 3.33. The molecule has 0 amide bonds. The Morgan fingerprint density at radius 1 is 0.818 bits per heavy atom. The number of nitrogens with one attached hydrogen (secondary N) is 1. The SMILES string of the molecule is CCCCCCCCCCCc1noc(-c2ccc(CNCc3ccccc3OC)cc2)n1. The molecule has 0 aliphatic carbocycles. The molecule has 0 saturated carbocycles. The number of unbranched alkanes of at least 4 members (excludes halogenated alkanes) is 8. The standard InChI is InChI=1S/C28H39N3O2/c1-3-4-5-6-7-8-9-10-11-16-27-30-28(33-31-27)24-19-17-23(18-20-24)21-29-22-25-14-12-13-15-26(25)32-2/h12-15,17-20,29H,3-11,16,21-22H2,1-2H3. The molecule has 0 aliphatic heterocycles. The van der Waals surface area contributed by atoms with E-state index in [2.05, 4.69) is 52.7 Å². The fourth-order valence-corrected chi connectivity index (χ4v) is 4.02. The number of nitrogens with zero attached hydrogens (tertiary/aromatic N) is 2. The van der Waals surface area contributed by atoms with E-state index in [4.69, 9.17) is 9.26 Å². The summed E-state index contributed by atoms with van der Waals surface area (Å²) >= 11 is 0. The van der Waals surface area contributed by atoms with Crippen molar-refractivity contribution >= 4 is 0 Å². The molecule has 3 aromatic rings. The molecule has 0 aliphatic rings. The Balaban J connectivity index is 1.36. The van der Waals surface area contributed by atoms with Gasteiger partial charge in [0, 0.05) is 30.6 Å². The number of aryl methyl sites for hydroxylation is 1. The summed E-state index contributed by atoms with van der Waals surface area (Å²) in [5, 5.41) is 7.65. The maximum absolute atomic E-state index is 5.50. The van der Waals surface area contributed by atoms with E-state index in [0.29, 0.717) is 5.89 Å². The van der Waals surface area contributed by atoms with Crippen LogP contribution in [-0.2, 0) is 19.5 Å². The van der Waals surface area contributed by atoms with Gasteiger partial charge in [-0.05, 0) is 30.2 Å². The minimum atomic E-state index is 0.606. The highest BCUT2D eigenvalue weighted by molar-refractivity contribution is 5.53. The van der Waals surface area contributed by atoms with Crippen LogP contribution in [-0.4, -0.2) is 17.3 Å². The lowest BCUT2D eigenvalue weighted by Crippen LogP contribution is -2.13. The van der Waals surface area contributed by atoms with E-state index < -0.39 is 0 Å². The van der Waals surface area contributed by atoms with Gasteiger partial charge in [-0.15, -0.1) is 0 Å². The van der Waals surface area contributed by atoms with Gasteiger partial charge in [0.2, 0.25) is 0 Å². The van der Waals surface area contributed by atoms with E-state index in [9.17, 15) is 0 Å². The summed E-state index contributed by atoms with van der Waals surface area (Å²) in [4.78, 5) is 4.59. The summed E-state index contributed by atoms with van der Waals surface area (Å²) in [6.07, 6.45) is 12.8. The average molecular weight is 450 g/mol. The van der Waals surface area contributed by atoms with Crippen molar-refractivity contribution in [1.29, 1.82) is 0 Å². The van der Waals surface area contributed by atoms with Crippen molar-refractivity contribution in [2.24, 2.45) is 0 Å². The van der Waals surface area contributed by atoms with Gasteiger partial charge in [-0.2, -0.15) is 4.98 Å². The lowest BCUT2D eigenvalue weighted by molar-refractivity contribution is 0.407. The van der Waals surface area contributed by atoms with Gasteiger partial charge in [0.05, 0.1) is 7.11 Å². The molecule has 5 nitrogen and oxygen atoms in total. The molecule has 0 fully saturated rings. The van der Waals surface area contributed by atoms with Gasteiger partial charge in [0.1, 0.15) is 5.75 Å². The molecule has 0 atom stereocenters. The second-order valence-electron chi connectivity index (χ2n) is 8.71. The highest BCUT2D eigenvalue weighted by atomic mass is 16.5. The topological polar surface area (TPSA) is 60.2 Å². The lowest BCUT2D eigenvalue weighted by atomic mass is 10.1. The van der Waals surface area contributed by atoms with E-state index in [1.54, 1.807) is 7.11 Å². The number of aromatic nitrogens is 2. The molecule has 0 spiro atoms. The molecule has 2 aromatic carbocycles. The van der Waals surface area contributed by atoms with E-state index >= 15 is 0 Å². The monoisotopic (exact) mass is 449 g/mol. The second-order valence-corrected chi connectivity index (χ2v) is 8.71. The second kappa shape index (κ2) is 14.5. The fraction of sp³-hybridized carbons (Fsp3) is 0.500. The predicted octanol–water partition coefficient (Wildman–Crippen LogP) is 7.11. The quantitative estimate of drug-likeness (QED) is 0.236. The largest absolute Gasteiger partial charge is 0.496 e. The van der Waals surface area contributed by atoms with Crippen LogP contribution >= 0.6 is 0 Å². The number of benzene rings is 2. The van der Waals surface area contributed by atoms with Crippen LogP contribution in [0.1, 0.15) is 81.7 Å². The Morgan fingerprint density at radius 2 is 1.52 bits per heavy atom. The van der Waals surface area contributed by atoms with Crippen LogP contribution in [0.25, 0.3) is 11.5 Å². The molecule has 3 rings (SSSR count). The van der Waals surface area contributed by atoms with E-state index in [-0.39, 0.29) is 0 Å². The fourth-order valence-electron chi connectivity index (χ4n) is 4.02. The number of ether oxygens (including phenoxy) is 1. The maximum atomic E-state index is 5.50. The lowest BCUT2D eigenvalue weighted by Gasteiger charge is -2.09. The third kappa shape index (κ3) is 8.65. The number of hydrogen-bond acceptors (Lipinski definition) is 5. The zero-order chi connectivity index (χ0) is 23.1. The summed E-state index contributed by atoms with van der Waals surface area (Å²) in [7, 11) is 1.71. The molecular formula is C28H39N3O2. The third-order valence-electron chi connectivity index (χ3n) is 6.01. The first-order chi connectivity index (χ1) is 16.3. The van der Waals surface area contributed by atoms with Crippen LogP contribution in [0.2, 0.25) is 0 Å². The van der Waals surface area contributed by atoms with Crippen LogP contribution < -0.4 is 10.1 Å². The van der Waals surface area contributed by atoms with Crippen molar-refractivity contribution in [1.82, 2.24) is 15.5 Å². The Bertz CT molecular complexity index is 921. The molecule has 1 aromatic heterocycles. The van der Waals surface area contributed by atoms with E-state index in [0.717, 1.165) is 48.6 Å². The molecule has 0 bridgehead atoms. The van der Waals surface area contributed by atoms with Gasteiger partial charge in [-0.25, -0.2) is 0 Å². The normalized spacial score (nSPS) is 11.1.